The highest BCUT2D eigenvalue weighted by atomic mass is 35.5. The average molecular weight is 319 g/mol. The van der Waals surface area contributed by atoms with Gasteiger partial charge < -0.3 is 16.4 Å². The second-order valence-corrected chi connectivity index (χ2v) is 4.64. The Hall–Kier alpha value is -1.93. The molecule has 7 nitrogen and oxygen atoms in total. The third-order valence-electron chi connectivity index (χ3n) is 3.24. The SMILES string of the molecule is Cl.Nc1c(C(=O)NC2CCNCC2)cc(F)cc1[N+](=O)[O-]. The lowest BCUT2D eigenvalue weighted by Gasteiger charge is -2.23. The minimum Gasteiger partial charge on any atom is -0.393 e. The molecule has 1 aliphatic heterocycles. The number of carbonyl (C=O) groups excluding carboxylic acids is 1. The first-order chi connectivity index (χ1) is 9.49. The van der Waals surface area contributed by atoms with Crippen molar-refractivity contribution in [1.82, 2.24) is 10.6 Å². The number of nitro groups is 1. The molecule has 0 unspecified atom stereocenters. The monoisotopic (exact) mass is 318 g/mol. The predicted octanol–water partition coefficient (Wildman–Crippen LogP) is 1.22. The summed E-state index contributed by atoms with van der Waals surface area (Å²) < 4.78 is 13.4. The van der Waals surface area contributed by atoms with E-state index < -0.39 is 22.3 Å². The van der Waals surface area contributed by atoms with E-state index >= 15 is 0 Å². The van der Waals surface area contributed by atoms with Gasteiger partial charge in [-0.05, 0) is 32.0 Å². The van der Waals surface area contributed by atoms with E-state index in [4.69, 9.17) is 5.73 Å². The van der Waals surface area contributed by atoms with Crippen LogP contribution < -0.4 is 16.4 Å². The Morgan fingerprint density at radius 3 is 2.62 bits per heavy atom. The molecule has 116 valence electrons. The van der Waals surface area contributed by atoms with Crippen LogP contribution in [0.5, 0.6) is 0 Å². The molecule has 1 saturated heterocycles. The van der Waals surface area contributed by atoms with Crippen molar-refractivity contribution in [2.75, 3.05) is 18.8 Å². The zero-order chi connectivity index (χ0) is 14.7. The van der Waals surface area contributed by atoms with Gasteiger partial charge in [0.05, 0.1) is 16.6 Å². The van der Waals surface area contributed by atoms with E-state index in [0.29, 0.717) is 6.07 Å². The minimum atomic E-state index is -0.860. The lowest BCUT2D eigenvalue weighted by Crippen LogP contribution is -2.42. The summed E-state index contributed by atoms with van der Waals surface area (Å²) >= 11 is 0. The van der Waals surface area contributed by atoms with Gasteiger partial charge in [0.2, 0.25) is 0 Å². The van der Waals surface area contributed by atoms with Gasteiger partial charge >= 0.3 is 0 Å². The van der Waals surface area contributed by atoms with Gasteiger partial charge in [-0.2, -0.15) is 0 Å². The van der Waals surface area contributed by atoms with E-state index in [1.54, 1.807) is 0 Å². The maximum absolute atomic E-state index is 13.4. The molecule has 4 N–H and O–H groups in total. The molecular weight excluding hydrogens is 303 g/mol. The molecular formula is C12H16ClFN4O3. The molecule has 0 atom stereocenters. The van der Waals surface area contributed by atoms with Crippen LogP contribution in [-0.4, -0.2) is 30.0 Å². The molecule has 0 aliphatic carbocycles. The summed E-state index contributed by atoms with van der Waals surface area (Å²) in [6.45, 7) is 1.56. The van der Waals surface area contributed by atoms with Crippen molar-refractivity contribution < 1.29 is 14.1 Å². The number of nitrogens with two attached hydrogens (primary N) is 1. The van der Waals surface area contributed by atoms with Crippen molar-refractivity contribution in [3.8, 4) is 0 Å². The molecule has 21 heavy (non-hydrogen) atoms. The molecule has 9 heteroatoms. The fourth-order valence-corrected chi connectivity index (χ4v) is 2.17. The average Bonchev–Trinajstić information content (AvgIpc) is 2.41. The highest BCUT2D eigenvalue weighted by molar-refractivity contribution is 6.01. The molecule has 1 heterocycles. The predicted molar refractivity (Wildman–Crippen MR) is 78.1 cm³/mol. The summed E-state index contributed by atoms with van der Waals surface area (Å²) in [5.41, 5.74) is 4.47. The number of benzene rings is 1. The number of nitrogens with zero attached hydrogens (tertiary/aromatic N) is 1. The van der Waals surface area contributed by atoms with Crippen LogP contribution in [0.3, 0.4) is 0 Å². The number of carbonyl (C=O) groups is 1. The Balaban J connectivity index is 0.00000220. The first-order valence-corrected chi connectivity index (χ1v) is 6.24. The number of nitro benzene ring substituents is 1. The van der Waals surface area contributed by atoms with E-state index in [2.05, 4.69) is 10.6 Å². The second kappa shape index (κ2) is 7.19. The highest BCUT2D eigenvalue weighted by Crippen LogP contribution is 2.26. The molecule has 2 rings (SSSR count). The molecule has 0 spiro atoms. The first-order valence-electron chi connectivity index (χ1n) is 6.24. The molecule has 0 saturated carbocycles. The third-order valence-corrected chi connectivity index (χ3v) is 3.24. The van der Waals surface area contributed by atoms with E-state index in [1.807, 2.05) is 0 Å². The molecule has 1 fully saturated rings. The van der Waals surface area contributed by atoms with Crippen molar-refractivity contribution in [3.63, 3.8) is 0 Å². The van der Waals surface area contributed by atoms with Gasteiger partial charge in [-0.3, -0.25) is 14.9 Å². The Morgan fingerprint density at radius 1 is 1.43 bits per heavy atom. The summed E-state index contributed by atoms with van der Waals surface area (Å²) in [6, 6.07) is 1.58. The number of piperidine rings is 1. The number of hydrogen-bond acceptors (Lipinski definition) is 5. The summed E-state index contributed by atoms with van der Waals surface area (Å²) in [6.07, 6.45) is 1.51. The van der Waals surface area contributed by atoms with Gasteiger partial charge in [-0.15, -0.1) is 12.4 Å². The number of nitrogen functional groups attached to an aromatic ring is 1. The summed E-state index contributed by atoms with van der Waals surface area (Å²) in [5.74, 6) is -1.45. The van der Waals surface area contributed by atoms with E-state index in [1.165, 1.54) is 0 Å². The lowest BCUT2D eigenvalue weighted by molar-refractivity contribution is -0.384. The van der Waals surface area contributed by atoms with Gasteiger partial charge in [-0.1, -0.05) is 0 Å². The van der Waals surface area contributed by atoms with Crippen LogP contribution in [0.25, 0.3) is 0 Å². The topological polar surface area (TPSA) is 110 Å². The van der Waals surface area contributed by atoms with E-state index in [0.717, 1.165) is 32.0 Å². The van der Waals surface area contributed by atoms with Gasteiger partial charge in [0.15, 0.2) is 0 Å². The largest absolute Gasteiger partial charge is 0.393 e. The van der Waals surface area contributed by atoms with Gasteiger partial charge in [0, 0.05) is 6.04 Å². The Labute approximate surface area is 126 Å². The van der Waals surface area contributed by atoms with E-state index in [-0.39, 0.29) is 29.7 Å². The first kappa shape index (κ1) is 17.1. The Kier molecular flexibility index (Phi) is 5.86. The third kappa shape index (κ3) is 4.02. The number of amides is 1. The fraction of sp³-hybridized carbons (Fsp3) is 0.417. The Morgan fingerprint density at radius 2 is 2.05 bits per heavy atom. The van der Waals surface area contributed by atoms with Crippen molar-refractivity contribution >= 4 is 29.7 Å². The van der Waals surface area contributed by atoms with Crippen molar-refractivity contribution in [3.05, 3.63) is 33.6 Å². The van der Waals surface area contributed by atoms with Crippen LogP contribution in [0.4, 0.5) is 15.8 Å². The lowest BCUT2D eigenvalue weighted by atomic mass is 10.1. The molecule has 1 aliphatic rings. The summed E-state index contributed by atoms with van der Waals surface area (Å²) in [5, 5.41) is 16.6. The number of anilines is 1. The second-order valence-electron chi connectivity index (χ2n) is 4.64. The van der Waals surface area contributed by atoms with Crippen LogP contribution in [0.2, 0.25) is 0 Å². The molecule has 1 amide bonds. The van der Waals surface area contributed by atoms with Crippen LogP contribution in [0, 0.1) is 15.9 Å². The molecule has 0 aromatic heterocycles. The Bertz CT molecular complexity index is 550. The fourth-order valence-electron chi connectivity index (χ4n) is 2.17. The number of rotatable bonds is 3. The van der Waals surface area contributed by atoms with Crippen molar-refractivity contribution in [2.24, 2.45) is 0 Å². The summed E-state index contributed by atoms with van der Waals surface area (Å²) in [4.78, 5) is 22.0. The summed E-state index contributed by atoms with van der Waals surface area (Å²) in [7, 11) is 0. The number of nitrogens with one attached hydrogen (secondary N) is 2. The number of halogens is 2. The standard InChI is InChI=1S/C12H15FN4O3.ClH/c13-7-5-9(11(14)10(6-7)17(19)20)12(18)16-8-1-3-15-4-2-8;/h5-6,8,15H,1-4,14H2,(H,16,18);1H. The zero-order valence-corrected chi connectivity index (χ0v) is 11.9. The highest BCUT2D eigenvalue weighted by Gasteiger charge is 2.23. The molecule has 1 aromatic carbocycles. The molecule has 1 aromatic rings. The van der Waals surface area contributed by atoms with Crippen LogP contribution in [-0.2, 0) is 0 Å². The molecule has 0 radical (unpaired) electrons. The molecule has 0 bridgehead atoms. The quantitative estimate of drug-likeness (QED) is 0.441. The normalized spacial score (nSPS) is 15.1. The van der Waals surface area contributed by atoms with Crippen LogP contribution in [0.15, 0.2) is 12.1 Å². The zero-order valence-electron chi connectivity index (χ0n) is 11.1. The maximum atomic E-state index is 13.4. The number of hydrogen-bond donors (Lipinski definition) is 3. The van der Waals surface area contributed by atoms with Crippen molar-refractivity contribution in [1.29, 1.82) is 0 Å². The van der Waals surface area contributed by atoms with E-state index in [9.17, 15) is 19.3 Å². The van der Waals surface area contributed by atoms with Crippen molar-refractivity contribution in [2.45, 2.75) is 18.9 Å². The van der Waals surface area contributed by atoms with Crippen LogP contribution >= 0.6 is 12.4 Å². The van der Waals surface area contributed by atoms with Crippen LogP contribution in [0.1, 0.15) is 23.2 Å². The maximum Gasteiger partial charge on any atom is 0.295 e. The minimum absolute atomic E-state index is 0. The van der Waals surface area contributed by atoms with Gasteiger partial charge in [-0.25, -0.2) is 4.39 Å². The smallest absolute Gasteiger partial charge is 0.295 e. The van der Waals surface area contributed by atoms with Gasteiger partial charge in [0.25, 0.3) is 11.6 Å². The van der Waals surface area contributed by atoms with Gasteiger partial charge in [0.1, 0.15) is 11.5 Å².